The monoisotopic (exact) mass is 366 g/mol. The van der Waals surface area contributed by atoms with Crippen molar-refractivity contribution in [2.24, 2.45) is 0 Å². The summed E-state index contributed by atoms with van der Waals surface area (Å²) in [6.45, 7) is 3.03. The number of esters is 2. The van der Waals surface area contributed by atoms with E-state index < -0.39 is 29.8 Å². The molecule has 1 atom stereocenters. The van der Waals surface area contributed by atoms with Crippen LogP contribution in [-0.2, 0) is 14.3 Å². The van der Waals surface area contributed by atoms with Crippen molar-refractivity contribution in [1.29, 1.82) is 0 Å². The smallest absolute Gasteiger partial charge is 0.338 e. The number of hydrogen-bond donors (Lipinski definition) is 2. The molecule has 1 aliphatic heterocycles. The van der Waals surface area contributed by atoms with Crippen LogP contribution in [0.4, 0.5) is 9.18 Å². The van der Waals surface area contributed by atoms with Gasteiger partial charge in [0.1, 0.15) is 6.61 Å². The van der Waals surface area contributed by atoms with E-state index in [0.29, 0.717) is 0 Å². The summed E-state index contributed by atoms with van der Waals surface area (Å²) < 4.78 is 28.5. The van der Waals surface area contributed by atoms with Gasteiger partial charge in [-0.2, -0.15) is 0 Å². The number of hydrogen-bond acceptors (Lipinski definition) is 6. The van der Waals surface area contributed by atoms with Crippen molar-refractivity contribution in [3.05, 3.63) is 40.8 Å². The molecule has 1 aromatic rings. The number of carbonyl (C=O) groups is 3. The van der Waals surface area contributed by atoms with Crippen molar-refractivity contribution in [3.63, 3.8) is 0 Å². The van der Waals surface area contributed by atoms with Crippen molar-refractivity contribution in [3.8, 4) is 5.75 Å². The summed E-state index contributed by atoms with van der Waals surface area (Å²) in [7, 11) is 1.31. The molecule has 0 radical (unpaired) electrons. The van der Waals surface area contributed by atoms with E-state index in [1.165, 1.54) is 19.2 Å². The standard InChI is InChI=1S/C17H19FN2O6/c1-4-25-16(22)14-9(2)19-17(23)20-12(14)8-26-15(21)10-5-6-13(24-3)11(18)7-10/h5-7,9H,4,8H2,1-3H3,(H2,19,20,23)/t9-/m0/s1. The fourth-order valence-electron chi connectivity index (χ4n) is 2.41. The molecule has 0 saturated carbocycles. The number of nitrogens with one attached hydrogen (secondary N) is 2. The Bertz CT molecular complexity index is 762. The zero-order valence-electron chi connectivity index (χ0n) is 14.6. The molecule has 0 fully saturated rings. The van der Waals surface area contributed by atoms with Crippen LogP contribution in [0.1, 0.15) is 24.2 Å². The lowest BCUT2D eigenvalue weighted by atomic mass is 10.0. The number of rotatable bonds is 6. The molecular formula is C17H19FN2O6. The van der Waals surface area contributed by atoms with Crippen molar-refractivity contribution >= 4 is 18.0 Å². The van der Waals surface area contributed by atoms with E-state index in [1.807, 2.05) is 0 Å². The van der Waals surface area contributed by atoms with Crippen LogP contribution in [-0.4, -0.2) is 44.3 Å². The van der Waals surface area contributed by atoms with Gasteiger partial charge in [-0.3, -0.25) is 0 Å². The van der Waals surface area contributed by atoms with Crippen molar-refractivity contribution in [2.45, 2.75) is 19.9 Å². The lowest BCUT2D eigenvalue weighted by Crippen LogP contribution is -2.50. The Morgan fingerprint density at radius 1 is 1.23 bits per heavy atom. The molecule has 1 aliphatic rings. The van der Waals surface area contributed by atoms with E-state index in [4.69, 9.17) is 14.2 Å². The molecule has 2 amide bonds. The van der Waals surface area contributed by atoms with Gasteiger partial charge in [0.15, 0.2) is 11.6 Å². The van der Waals surface area contributed by atoms with Gasteiger partial charge in [-0.25, -0.2) is 18.8 Å². The zero-order chi connectivity index (χ0) is 19.3. The van der Waals surface area contributed by atoms with Crippen LogP contribution in [0.5, 0.6) is 5.75 Å². The van der Waals surface area contributed by atoms with Crippen LogP contribution in [0.2, 0.25) is 0 Å². The first-order valence-corrected chi connectivity index (χ1v) is 7.85. The summed E-state index contributed by atoms with van der Waals surface area (Å²) in [4.78, 5) is 35.8. The van der Waals surface area contributed by atoms with E-state index in [1.54, 1.807) is 13.8 Å². The van der Waals surface area contributed by atoms with Gasteiger partial charge < -0.3 is 24.8 Å². The van der Waals surface area contributed by atoms with E-state index in [0.717, 1.165) is 6.07 Å². The summed E-state index contributed by atoms with van der Waals surface area (Å²) in [6.07, 6.45) is 0. The Balaban J connectivity index is 2.17. The van der Waals surface area contributed by atoms with E-state index in [-0.39, 0.29) is 35.8 Å². The number of halogens is 1. The highest BCUT2D eigenvalue weighted by atomic mass is 19.1. The molecule has 0 aliphatic carbocycles. The van der Waals surface area contributed by atoms with Crippen LogP contribution in [0, 0.1) is 5.82 Å². The molecule has 0 spiro atoms. The molecule has 1 aromatic carbocycles. The van der Waals surface area contributed by atoms with Crippen LogP contribution < -0.4 is 15.4 Å². The summed E-state index contributed by atoms with van der Waals surface area (Å²) in [5.74, 6) is -2.16. The van der Waals surface area contributed by atoms with Crippen LogP contribution in [0.3, 0.4) is 0 Å². The maximum absolute atomic E-state index is 13.7. The van der Waals surface area contributed by atoms with Gasteiger partial charge in [-0.1, -0.05) is 0 Å². The fourth-order valence-corrected chi connectivity index (χ4v) is 2.41. The van der Waals surface area contributed by atoms with Crippen LogP contribution in [0.25, 0.3) is 0 Å². The van der Waals surface area contributed by atoms with Crippen molar-refractivity contribution in [1.82, 2.24) is 10.6 Å². The summed E-state index contributed by atoms with van der Waals surface area (Å²) in [6, 6.07) is 2.46. The quantitative estimate of drug-likeness (QED) is 0.740. The number of benzene rings is 1. The van der Waals surface area contributed by atoms with Crippen LogP contribution in [0.15, 0.2) is 29.5 Å². The molecule has 0 unspecified atom stereocenters. The molecule has 9 heteroatoms. The average molecular weight is 366 g/mol. The predicted octanol–water partition coefficient (Wildman–Crippen LogP) is 1.51. The fraction of sp³-hybridized carbons (Fsp3) is 0.353. The number of methoxy groups -OCH3 is 1. The molecule has 0 aromatic heterocycles. The number of amides is 2. The van der Waals surface area contributed by atoms with Crippen LogP contribution >= 0.6 is 0 Å². The molecule has 26 heavy (non-hydrogen) atoms. The van der Waals surface area contributed by atoms with Crippen molar-refractivity contribution in [2.75, 3.05) is 20.3 Å². The molecule has 140 valence electrons. The maximum Gasteiger partial charge on any atom is 0.338 e. The molecular weight excluding hydrogens is 347 g/mol. The lowest BCUT2D eigenvalue weighted by Gasteiger charge is -2.26. The lowest BCUT2D eigenvalue weighted by molar-refractivity contribution is -0.139. The first kappa shape index (κ1) is 19.2. The predicted molar refractivity (Wildman–Crippen MR) is 88.0 cm³/mol. The van der Waals surface area contributed by atoms with Gasteiger partial charge in [-0.05, 0) is 32.0 Å². The van der Waals surface area contributed by atoms with Gasteiger partial charge >= 0.3 is 18.0 Å². The second-order valence-electron chi connectivity index (χ2n) is 5.36. The number of carbonyl (C=O) groups excluding carboxylic acids is 3. The summed E-state index contributed by atoms with van der Waals surface area (Å²) in [5.41, 5.74) is 0.233. The average Bonchev–Trinajstić information content (AvgIpc) is 2.59. The Morgan fingerprint density at radius 3 is 2.58 bits per heavy atom. The minimum Gasteiger partial charge on any atom is -0.494 e. The summed E-state index contributed by atoms with van der Waals surface area (Å²) in [5, 5.41) is 4.96. The first-order valence-electron chi connectivity index (χ1n) is 7.85. The SMILES string of the molecule is CCOC(=O)C1=C(COC(=O)c2ccc(OC)c(F)c2)NC(=O)N[C@H]1C. The first-order chi connectivity index (χ1) is 12.4. The van der Waals surface area contributed by atoms with E-state index >= 15 is 0 Å². The third kappa shape index (κ3) is 4.29. The highest BCUT2D eigenvalue weighted by molar-refractivity contribution is 5.95. The molecule has 2 N–H and O–H groups in total. The maximum atomic E-state index is 13.7. The van der Waals surface area contributed by atoms with Crippen molar-refractivity contribution < 1.29 is 33.0 Å². The molecule has 0 saturated heterocycles. The normalized spacial score (nSPS) is 16.5. The Labute approximate surface area is 149 Å². The largest absolute Gasteiger partial charge is 0.494 e. The van der Waals surface area contributed by atoms with Gasteiger partial charge in [-0.15, -0.1) is 0 Å². The van der Waals surface area contributed by atoms with Gasteiger partial charge in [0.2, 0.25) is 0 Å². The van der Waals surface area contributed by atoms with Gasteiger partial charge in [0, 0.05) is 0 Å². The van der Waals surface area contributed by atoms with Gasteiger partial charge in [0.25, 0.3) is 0 Å². The highest BCUT2D eigenvalue weighted by Crippen LogP contribution is 2.19. The Kier molecular flexibility index (Phi) is 6.16. The van der Waals surface area contributed by atoms with E-state index in [9.17, 15) is 18.8 Å². The number of ether oxygens (including phenoxy) is 3. The second-order valence-corrected chi connectivity index (χ2v) is 5.36. The van der Waals surface area contributed by atoms with Gasteiger partial charge in [0.05, 0.1) is 36.6 Å². The third-order valence-electron chi connectivity index (χ3n) is 3.60. The van der Waals surface area contributed by atoms with E-state index in [2.05, 4.69) is 10.6 Å². The minimum atomic E-state index is -0.817. The number of urea groups is 1. The third-order valence-corrected chi connectivity index (χ3v) is 3.60. The topological polar surface area (TPSA) is 103 Å². The molecule has 8 nitrogen and oxygen atoms in total. The highest BCUT2D eigenvalue weighted by Gasteiger charge is 2.30. The summed E-state index contributed by atoms with van der Waals surface area (Å²) >= 11 is 0. The second kappa shape index (κ2) is 8.32. The Morgan fingerprint density at radius 2 is 1.96 bits per heavy atom. The zero-order valence-corrected chi connectivity index (χ0v) is 14.6. The Hall–Kier alpha value is -3.10. The molecule has 0 bridgehead atoms. The molecule has 1 heterocycles. The minimum absolute atomic E-state index is 0.00620. The molecule has 2 rings (SSSR count).